The fourth-order valence-electron chi connectivity index (χ4n) is 2.47. The molecule has 0 aliphatic carbocycles. The third-order valence-electron chi connectivity index (χ3n) is 3.93. The Morgan fingerprint density at radius 3 is 2.55 bits per heavy atom. The van der Waals surface area contributed by atoms with Crippen LogP contribution < -0.4 is 14.3 Å². The Hall–Kier alpha value is -2.84. The molecule has 0 aliphatic rings. The average molecular weight is 431 g/mol. The molecule has 3 rings (SSSR count). The van der Waals surface area contributed by atoms with Crippen molar-refractivity contribution in [2.75, 3.05) is 6.61 Å². The zero-order valence-electron chi connectivity index (χ0n) is 16.2. The van der Waals surface area contributed by atoms with Crippen LogP contribution >= 0.6 is 11.3 Å². The summed E-state index contributed by atoms with van der Waals surface area (Å²) in [6, 6.07) is 16.7. The normalized spacial score (nSPS) is 11.5. The fourth-order valence-corrected chi connectivity index (χ4v) is 4.24. The predicted molar refractivity (Wildman–Crippen MR) is 115 cm³/mol. The van der Waals surface area contributed by atoms with Crippen LogP contribution in [0.2, 0.25) is 0 Å². The smallest absolute Gasteiger partial charge is 0.286 e. The van der Waals surface area contributed by atoms with Crippen LogP contribution in [-0.4, -0.2) is 21.2 Å². The van der Waals surface area contributed by atoms with Crippen molar-refractivity contribution in [3.05, 3.63) is 76.7 Å². The maximum atomic E-state index is 12.1. The van der Waals surface area contributed by atoms with Crippen LogP contribution in [0, 0.1) is 6.92 Å². The molecule has 6 nitrogen and oxygen atoms in total. The van der Waals surface area contributed by atoms with Crippen LogP contribution in [0.25, 0.3) is 0 Å². The first-order valence-corrected chi connectivity index (χ1v) is 11.4. The monoisotopic (exact) mass is 430 g/mol. The molecule has 0 amide bonds. The molecule has 1 N–H and O–H groups in total. The second-order valence-corrected chi connectivity index (χ2v) is 9.03. The minimum absolute atomic E-state index is 0.213. The highest BCUT2D eigenvalue weighted by Gasteiger charge is 2.13. The number of benzene rings is 2. The van der Waals surface area contributed by atoms with Crippen molar-refractivity contribution in [3.63, 3.8) is 0 Å². The van der Waals surface area contributed by atoms with Gasteiger partial charge in [0, 0.05) is 0 Å². The van der Waals surface area contributed by atoms with Crippen molar-refractivity contribution < 1.29 is 17.9 Å². The van der Waals surface area contributed by atoms with Crippen LogP contribution in [0.3, 0.4) is 0 Å². The Morgan fingerprint density at radius 1 is 1.07 bits per heavy atom. The molecule has 2 aromatic carbocycles. The second kappa shape index (κ2) is 9.58. The molecule has 0 unspecified atom stereocenters. The summed E-state index contributed by atoms with van der Waals surface area (Å²) in [6.45, 7) is 4.83. The lowest BCUT2D eigenvalue weighted by Gasteiger charge is -2.13. The van der Waals surface area contributed by atoms with Gasteiger partial charge in [-0.15, -0.1) is 11.3 Å². The number of ether oxygens (including phenoxy) is 2. The van der Waals surface area contributed by atoms with E-state index in [9.17, 15) is 8.42 Å². The van der Waals surface area contributed by atoms with Gasteiger partial charge in [-0.25, -0.2) is 0 Å². The molecule has 3 aromatic rings. The highest BCUT2D eigenvalue weighted by Crippen LogP contribution is 2.29. The standard InChI is InChI=1S/C21H22N2O4S2/c1-3-26-20-13-18(14-22-23-29(24,25)21-5-4-12-28-21)10-11-19(20)27-15-17-8-6-16(2)7-9-17/h4-14,23H,3,15H2,1-2H3/b22-14+. The summed E-state index contributed by atoms with van der Waals surface area (Å²) in [4.78, 5) is 2.21. The van der Waals surface area contributed by atoms with Crippen LogP contribution in [0.5, 0.6) is 11.5 Å². The Morgan fingerprint density at radius 2 is 1.86 bits per heavy atom. The van der Waals surface area contributed by atoms with E-state index in [1.54, 1.807) is 29.6 Å². The molecule has 0 bridgehead atoms. The van der Waals surface area contributed by atoms with Gasteiger partial charge in [-0.05, 0) is 54.6 Å². The van der Waals surface area contributed by atoms with E-state index < -0.39 is 10.0 Å². The average Bonchev–Trinajstić information content (AvgIpc) is 3.25. The van der Waals surface area contributed by atoms with Gasteiger partial charge in [-0.1, -0.05) is 35.9 Å². The van der Waals surface area contributed by atoms with Gasteiger partial charge >= 0.3 is 0 Å². The number of thiophene rings is 1. The molecule has 0 saturated carbocycles. The zero-order valence-corrected chi connectivity index (χ0v) is 17.8. The lowest BCUT2D eigenvalue weighted by atomic mass is 10.2. The van der Waals surface area contributed by atoms with Gasteiger partial charge in [0.25, 0.3) is 10.0 Å². The molecule has 0 spiro atoms. The van der Waals surface area contributed by atoms with Crippen LogP contribution in [-0.2, 0) is 16.6 Å². The number of nitrogens with one attached hydrogen (secondary N) is 1. The summed E-state index contributed by atoms with van der Waals surface area (Å²) in [6.07, 6.45) is 1.43. The van der Waals surface area contributed by atoms with Crippen molar-refractivity contribution in [3.8, 4) is 11.5 Å². The maximum Gasteiger partial charge on any atom is 0.286 e. The minimum Gasteiger partial charge on any atom is -0.490 e. The first-order chi connectivity index (χ1) is 14.0. The van der Waals surface area contributed by atoms with Crippen molar-refractivity contribution >= 4 is 27.6 Å². The van der Waals surface area contributed by atoms with Crippen molar-refractivity contribution in [1.29, 1.82) is 0 Å². The third kappa shape index (κ3) is 5.82. The fraction of sp³-hybridized carbons (Fsp3) is 0.190. The van der Waals surface area contributed by atoms with E-state index in [0.717, 1.165) is 16.9 Å². The Balaban J connectivity index is 1.69. The van der Waals surface area contributed by atoms with Crippen LogP contribution in [0.4, 0.5) is 0 Å². The molecule has 0 fully saturated rings. The highest BCUT2D eigenvalue weighted by molar-refractivity contribution is 7.91. The molecule has 152 valence electrons. The second-order valence-electron chi connectivity index (χ2n) is 6.20. The number of sulfonamides is 1. The molecule has 0 radical (unpaired) electrons. The largest absolute Gasteiger partial charge is 0.490 e. The lowest BCUT2D eigenvalue weighted by Crippen LogP contribution is -2.17. The SMILES string of the molecule is CCOc1cc(/C=N/NS(=O)(=O)c2cccs2)ccc1OCc1ccc(C)cc1. The summed E-state index contributed by atoms with van der Waals surface area (Å²) in [5.41, 5.74) is 2.94. The van der Waals surface area contributed by atoms with E-state index in [-0.39, 0.29) is 4.21 Å². The van der Waals surface area contributed by atoms with E-state index in [1.807, 2.05) is 38.1 Å². The Labute approximate surface area is 174 Å². The summed E-state index contributed by atoms with van der Waals surface area (Å²) < 4.78 is 36.0. The van der Waals surface area contributed by atoms with Gasteiger partial charge in [-0.3, -0.25) is 0 Å². The van der Waals surface area contributed by atoms with Gasteiger partial charge < -0.3 is 9.47 Å². The number of hydrazone groups is 1. The topological polar surface area (TPSA) is 77.0 Å². The quantitative estimate of drug-likeness (QED) is 0.405. The first-order valence-electron chi connectivity index (χ1n) is 9.01. The molecule has 1 heterocycles. The number of hydrogen-bond acceptors (Lipinski definition) is 6. The minimum atomic E-state index is -3.64. The van der Waals surface area contributed by atoms with Gasteiger partial charge in [0.05, 0.1) is 12.8 Å². The molecule has 0 atom stereocenters. The first kappa shape index (κ1) is 20.9. The maximum absolute atomic E-state index is 12.1. The lowest BCUT2D eigenvalue weighted by molar-refractivity contribution is 0.269. The highest BCUT2D eigenvalue weighted by atomic mass is 32.2. The van der Waals surface area contributed by atoms with Gasteiger partial charge in [0.2, 0.25) is 0 Å². The molecule has 29 heavy (non-hydrogen) atoms. The van der Waals surface area contributed by atoms with Gasteiger partial charge in [0.15, 0.2) is 11.5 Å². The molecule has 0 aliphatic heterocycles. The third-order valence-corrected chi connectivity index (χ3v) is 6.55. The zero-order chi connectivity index (χ0) is 20.7. The molecular formula is C21H22N2O4S2. The van der Waals surface area contributed by atoms with Crippen molar-refractivity contribution in [2.24, 2.45) is 5.10 Å². The van der Waals surface area contributed by atoms with Gasteiger partial charge in [-0.2, -0.15) is 18.4 Å². The predicted octanol–water partition coefficient (Wildman–Crippen LogP) is 4.35. The summed E-state index contributed by atoms with van der Waals surface area (Å²) in [5.74, 6) is 1.19. The van der Waals surface area contributed by atoms with Crippen molar-refractivity contribution in [1.82, 2.24) is 4.83 Å². The van der Waals surface area contributed by atoms with Crippen molar-refractivity contribution in [2.45, 2.75) is 24.7 Å². The molecular weight excluding hydrogens is 408 g/mol. The number of nitrogens with zero attached hydrogens (tertiary/aromatic N) is 1. The van der Waals surface area contributed by atoms with Crippen LogP contribution in [0.1, 0.15) is 23.6 Å². The van der Waals surface area contributed by atoms with E-state index in [2.05, 4.69) is 9.93 Å². The Kier molecular flexibility index (Phi) is 6.90. The molecule has 0 saturated heterocycles. The van der Waals surface area contributed by atoms with E-state index in [0.29, 0.717) is 30.3 Å². The number of rotatable bonds is 9. The Bertz CT molecular complexity index is 1060. The van der Waals surface area contributed by atoms with E-state index >= 15 is 0 Å². The summed E-state index contributed by atoms with van der Waals surface area (Å²) in [5, 5.41) is 5.55. The molecule has 1 aromatic heterocycles. The summed E-state index contributed by atoms with van der Waals surface area (Å²) in [7, 11) is -3.64. The van der Waals surface area contributed by atoms with Gasteiger partial charge in [0.1, 0.15) is 10.8 Å². The number of hydrogen-bond donors (Lipinski definition) is 1. The van der Waals surface area contributed by atoms with E-state index in [4.69, 9.17) is 9.47 Å². The molecule has 8 heteroatoms. The van der Waals surface area contributed by atoms with E-state index in [1.165, 1.54) is 17.8 Å². The number of aryl methyl sites for hydroxylation is 1. The van der Waals surface area contributed by atoms with Crippen LogP contribution in [0.15, 0.2) is 69.3 Å². The summed E-state index contributed by atoms with van der Waals surface area (Å²) >= 11 is 1.13.